The van der Waals surface area contributed by atoms with Gasteiger partial charge in [-0.25, -0.2) is 4.39 Å². The first kappa shape index (κ1) is 14.3. The van der Waals surface area contributed by atoms with Crippen molar-refractivity contribution in [1.29, 1.82) is 0 Å². The molecule has 0 radical (unpaired) electrons. The van der Waals surface area contributed by atoms with Crippen molar-refractivity contribution in [1.82, 2.24) is 5.32 Å². The molecule has 1 amide bonds. The van der Waals surface area contributed by atoms with Gasteiger partial charge >= 0.3 is 0 Å². The van der Waals surface area contributed by atoms with Gasteiger partial charge in [0.25, 0.3) is 5.91 Å². The van der Waals surface area contributed by atoms with Crippen LogP contribution in [0.5, 0.6) is 5.75 Å². The van der Waals surface area contributed by atoms with Gasteiger partial charge in [-0.3, -0.25) is 4.79 Å². The Balaban J connectivity index is 1.98. The van der Waals surface area contributed by atoms with Gasteiger partial charge in [-0.15, -0.1) is 0 Å². The maximum absolute atomic E-state index is 13.0. The second-order valence-corrected chi connectivity index (χ2v) is 4.57. The highest BCUT2D eigenvalue weighted by Gasteiger charge is 2.08. The van der Waals surface area contributed by atoms with Gasteiger partial charge in [0.1, 0.15) is 11.6 Å². The molecule has 0 unspecified atom stereocenters. The number of benzene rings is 2. The van der Waals surface area contributed by atoms with Crippen molar-refractivity contribution in [3.8, 4) is 5.75 Å². The second kappa shape index (κ2) is 6.39. The van der Waals surface area contributed by atoms with Crippen LogP contribution in [0.1, 0.15) is 15.9 Å². The number of amides is 1. The molecule has 0 aliphatic heterocycles. The molecule has 1 N–H and O–H groups in total. The Morgan fingerprint density at radius 2 is 1.95 bits per heavy atom. The summed E-state index contributed by atoms with van der Waals surface area (Å²) < 4.78 is 18.1. The number of hydrogen-bond acceptors (Lipinski definition) is 2. The van der Waals surface area contributed by atoms with Crippen LogP contribution in [0.25, 0.3) is 0 Å². The number of nitrogens with one attached hydrogen (secondary N) is 1. The van der Waals surface area contributed by atoms with Gasteiger partial charge in [-0.05, 0) is 35.9 Å². The molecule has 0 bridgehead atoms. The monoisotopic (exact) mass is 293 g/mol. The predicted octanol–water partition coefficient (Wildman–Crippen LogP) is 3.42. The third-order valence-electron chi connectivity index (χ3n) is 2.79. The fourth-order valence-corrected chi connectivity index (χ4v) is 1.85. The highest BCUT2D eigenvalue weighted by Crippen LogP contribution is 2.16. The quantitative estimate of drug-likeness (QED) is 0.938. The van der Waals surface area contributed by atoms with E-state index in [1.165, 1.54) is 18.2 Å². The molecular formula is C15H13ClFNO2. The lowest BCUT2D eigenvalue weighted by molar-refractivity contribution is 0.0951. The number of rotatable bonds is 4. The third kappa shape index (κ3) is 3.48. The van der Waals surface area contributed by atoms with Crippen molar-refractivity contribution in [3.63, 3.8) is 0 Å². The lowest BCUT2D eigenvalue weighted by Crippen LogP contribution is -2.22. The van der Waals surface area contributed by atoms with Crippen LogP contribution < -0.4 is 10.1 Å². The molecule has 2 rings (SSSR count). The van der Waals surface area contributed by atoms with E-state index in [0.29, 0.717) is 12.1 Å². The lowest BCUT2D eigenvalue weighted by Gasteiger charge is -2.07. The van der Waals surface area contributed by atoms with Gasteiger partial charge in [0.05, 0.1) is 12.1 Å². The summed E-state index contributed by atoms with van der Waals surface area (Å²) in [6.45, 7) is 0.373. The Kier molecular flexibility index (Phi) is 4.58. The second-order valence-electron chi connectivity index (χ2n) is 4.16. The first-order valence-electron chi connectivity index (χ1n) is 5.96. The Morgan fingerprint density at radius 3 is 2.55 bits per heavy atom. The van der Waals surface area contributed by atoms with Crippen LogP contribution in [0.15, 0.2) is 42.5 Å². The van der Waals surface area contributed by atoms with Crippen LogP contribution in [0, 0.1) is 5.82 Å². The van der Waals surface area contributed by atoms with Crippen LogP contribution in [0.2, 0.25) is 5.02 Å². The highest BCUT2D eigenvalue weighted by molar-refractivity contribution is 6.31. The minimum Gasteiger partial charge on any atom is -0.497 e. The zero-order valence-corrected chi connectivity index (χ0v) is 11.6. The lowest BCUT2D eigenvalue weighted by atomic mass is 10.2. The first-order valence-corrected chi connectivity index (χ1v) is 6.34. The van der Waals surface area contributed by atoms with E-state index >= 15 is 0 Å². The largest absolute Gasteiger partial charge is 0.497 e. The number of methoxy groups -OCH3 is 1. The normalized spacial score (nSPS) is 10.2. The fourth-order valence-electron chi connectivity index (χ4n) is 1.67. The molecule has 0 aliphatic carbocycles. The fraction of sp³-hybridized carbons (Fsp3) is 0.133. The Morgan fingerprint density at radius 1 is 1.25 bits per heavy atom. The van der Waals surface area contributed by atoms with Crippen molar-refractivity contribution >= 4 is 17.5 Å². The molecule has 3 nitrogen and oxygen atoms in total. The average molecular weight is 294 g/mol. The Bertz CT molecular complexity index is 614. The van der Waals surface area contributed by atoms with Crippen molar-refractivity contribution < 1.29 is 13.9 Å². The van der Waals surface area contributed by atoms with Gasteiger partial charge in [0.2, 0.25) is 0 Å². The summed E-state index contributed by atoms with van der Waals surface area (Å²) in [7, 11) is 1.59. The zero-order chi connectivity index (χ0) is 14.5. The molecule has 2 aromatic rings. The van der Waals surface area contributed by atoms with E-state index in [2.05, 4.69) is 5.32 Å². The topological polar surface area (TPSA) is 38.3 Å². The summed E-state index contributed by atoms with van der Waals surface area (Å²) in [5, 5.41) is 2.67. The highest BCUT2D eigenvalue weighted by atomic mass is 35.5. The van der Waals surface area contributed by atoms with Crippen LogP contribution in [0.3, 0.4) is 0 Å². The summed E-state index contributed by atoms with van der Waals surface area (Å²) in [5.74, 6) is -0.0912. The van der Waals surface area contributed by atoms with Crippen molar-refractivity contribution in [2.75, 3.05) is 7.11 Å². The summed E-state index contributed by atoms with van der Waals surface area (Å²) in [5.41, 5.74) is 1.26. The van der Waals surface area contributed by atoms with E-state index in [-0.39, 0.29) is 10.9 Å². The maximum Gasteiger partial charge on any atom is 0.251 e. The zero-order valence-electron chi connectivity index (χ0n) is 10.8. The third-order valence-corrected chi connectivity index (χ3v) is 3.08. The Labute approximate surface area is 121 Å². The molecule has 0 aromatic heterocycles. The van der Waals surface area contributed by atoms with E-state index < -0.39 is 5.82 Å². The van der Waals surface area contributed by atoms with Crippen LogP contribution in [-0.4, -0.2) is 13.0 Å². The number of carbonyl (C=O) groups is 1. The predicted molar refractivity (Wildman–Crippen MR) is 75.6 cm³/mol. The van der Waals surface area contributed by atoms with Gasteiger partial charge in [0.15, 0.2) is 0 Å². The van der Waals surface area contributed by atoms with E-state index in [4.69, 9.17) is 16.3 Å². The standard InChI is InChI=1S/C15H13ClFNO2/c1-20-12-5-2-10(3-6-12)9-18-15(19)11-4-7-14(17)13(16)8-11/h2-8H,9H2,1H3,(H,18,19). The van der Waals surface area contributed by atoms with E-state index in [9.17, 15) is 9.18 Å². The molecular weight excluding hydrogens is 281 g/mol. The number of hydrogen-bond donors (Lipinski definition) is 1. The molecule has 2 aromatic carbocycles. The van der Waals surface area contributed by atoms with E-state index in [1.54, 1.807) is 7.11 Å². The van der Waals surface area contributed by atoms with Crippen LogP contribution in [-0.2, 0) is 6.54 Å². The summed E-state index contributed by atoms with van der Waals surface area (Å²) in [6, 6.07) is 11.2. The van der Waals surface area contributed by atoms with E-state index in [1.807, 2.05) is 24.3 Å². The first-order chi connectivity index (χ1) is 9.60. The number of ether oxygens (including phenoxy) is 1. The van der Waals surface area contributed by atoms with E-state index in [0.717, 1.165) is 11.3 Å². The molecule has 104 valence electrons. The van der Waals surface area contributed by atoms with Crippen molar-refractivity contribution in [2.45, 2.75) is 6.54 Å². The summed E-state index contributed by atoms with van der Waals surface area (Å²) in [6.07, 6.45) is 0. The molecule has 0 aliphatic rings. The molecule has 20 heavy (non-hydrogen) atoms. The smallest absolute Gasteiger partial charge is 0.251 e. The summed E-state index contributed by atoms with van der Waals surface area (Å²) >= 11 is 5.64. The van der Waals surface area contributed by atoms with Crippen molar-refractivity contribution in [3.05, 3.63) is 64.4 Å². The van der Waals surface area contributed by atoms with Crippen LogP contribution in [0.4, 0.5) is 4.39 Å². The Hall–Kier alpha value is -2.07. The molecule has 0 atom stereocenters. The molecule has 0 fully saturated rings. The van der Waals surface area contributed by atoms with Crippen LogP contribution >= 0.6 is 11.6 Å². The molecule has 0 heterocycles. The van der Waals surface area contributed by atoms with Gasteiger partial charge in [-0.2, -0.15) is 0 Å². The molecule has 0 spiro atoms. The van der Waals surface area contributed by atoms with Crippen molar-refractivity contribution in [2.24, 2.45) is 0 Å². The summed E-state index contributed by atoms with van der Waals surface area (Å²) in [4.78, 5) is 11.9. The van der Waals surface area contributed by atoms with Gasteiger partial charge in [-0.1, -0.05) is 23.7 Å². The minimum absolute atomic E-state index is 0.0675. The number of carbonyl (C=O) groups excluding carboxylic acids is 1. The average Bonchev–Trinajstić information content (AvgIpc) is 2.48. The van der Waals surface area contributed by atoms with Gasteiger partial charge < -0.3 is 10.1 Å². The molecule has 0 saturated heterocycles. The number of halogens is 2. The maximum atomic E-state index is 13.0. The minimum atomic E-state index is -0.543. The SMILES string of the molecule is COc1ccc(CNC(=O)c2ccc(F)c(Cl)c2)cc1. The molecule has 0 saturated carbocycles. The van der Waals surface area contributed by atoms with Gasteiger partial charge in [0, 0.05) is 12.1 Å². The molecule has 5 heteroatoms.